The van der Waals surface area contributed by atoms with Gasteiger partial charge in [-0.1, -0.05) is 42.9 Å². The first-order valence-electron chi connectivity index (χ1n) is 6.19. The summed E-state index contributed by atoms with van der Waals surface area (Å²) in [6, 6.07) is 5.76. The molecule has 0 aliphatic heterocycles. The lowest BCUT2D eigenvalue weighted by molar-refractivity contribution is 0.102. The molecule has 2 rings (SSSR count). The largest absolute Gasteiger partial charge is 0.296 e. The predicted molar refractivity (Wildman–Crippen MR) is 77.9 cm³/mol. The predicted octanol–water partition coefficient (Wildman–Crippen LogP) is 3.53. The summed E-state index contributed by atoms with van der Waals surface area (Å²) >= 11 is 1.42. The first-order chi connectivity index (χ1) is 8.97. The van der Waals surface area contributed by atoms with Gasteiger partial charge in [-0.15, -0.1) is 10.2 Å². The summed E-state index contributed by atoms with van der Waals surface area (Å²) in [4.78, 5) is 12.2. The Morgan fingerprint density at radius 1 is 1.26 bits per heavy atom. The molecule has 100 valence electrons. The second-order valence-electron chi connectivity index (χ2n) is 4.87. The van der Waals surface area contributed by atoms with Gasteiger partial charge in [0.1, 0.15) is 5.01 Å². The van der Waals surface area contributed by atoms with E-state index in [1.807, 2.05) is 32.0 Å². The highest BCUT2D eigenvalue weighted by Crippen LogP contribution is 2.23. The van der Waals surface area contributed by atoms with Crippen molar-refractivity contribution in [2.24, 2.45) is 0 Å². The van der Waals surface area contributed by atoms with Crippen molar-refractivity contribution in [3.8, 4) is 0 Å². The van der Waals surface area contributed by atoms with E-state index >= 15 is 0 Å². The number of nitrogens with zero attached hydrogens (tertiary/aromatic N) is 2. The Morgan fingerprint density at radius 2 is 2.00 bits per heavy atom. The quantitative estimate of drug-likeness (QED) is 0.932. The first kappa shape index (κ1) is 13.7. The average molecular weight is 275 g/mol. The molecular formula is C14H17N3OS. The molecule has 0 aliphatic rings. The van der Waals surface area contributed by atoms with E-state index in [-0.39, 0.29) is 5.91 Å². The number of hydrogen-bond donors (Lipinski definition) is 1. The number of benzene rings is 1. The van der Waals surface area contributed by atoms with E-state index < -0.39 is 0 Å². The van der Waals surface area contributed by atoms with E-state index in [1.54, 1.807) is 0 Å². The molecule has 0 radical (unpaired) electrons. The number of aromatic nitrogens is 2. The minimum atomic E-state index is -0.135. The van der Waals surface area contributed by atoms with Crippen LogP contribution < -0.4 is 5.32 Å². The van der Waals surface area contributed by atoms with Crippen LogP contribution in [0.15, 0.2) is 18.2 Å². The summed E-state index contributed by atoms with van der Waals surface area (Å²) in [5, 5.41) is 12.3. The van der Waals surface area contributed by atoms with Gasteiger partial charge in [-0.2, -0.15) is 0 Å². The molecule has 5 heteroatoms. The molecule has 0 aliphatic carbocycles. The van der Waals surface area contributed by atoms with Crippen LogP contribution in [0.25, 0.3) is 0 Å². The Hall–Kier alpha value is -1.75. The summed E-state index contributed by atoms with van der Waals surface area (Å²) in [7, 11) is 0. The number of aryl methyl sites for hydroxylation is 2. The highest BCUT2D eigenvalue weighted by Gasteiger charge is 2.13. The van der Waals surface area contributed by atoms with E-state index in [0.29, 0.717) is 16.6 Å². The molecular weight excluding hydrogens is 258 g/mol. The van der Waals surface area contributed by atoms with Gasteiger partial charge in [0.15, 0.2) is 0 Å². The third-order valence-corrected chi connectivity index (χ3v) is 3.92. The SMILES string of the molecule is Cc1ccc(C(=O)Nc2nnc(C(C)C)s2)c(C)c1. The van der Waals surface area contributed by atoms with Gasteiger partial charge in [0.05, 0.1) is 0 Å². The van der Waals surface area contributed by atoms with Crippen LogP contribution in [-0.4, -0.2) is 16.1 Å². The highest BCUT2D eigenvalue weighted by atomic mass is 32.1. The average Bonchev–Trinajstić information content (AvgIpc) is 2.77. The van der Waals surface area contributed by atoms with Crippen molar-refractivity contribution in [1.82, 2.24) is 10.2 Å². The van der Waals surface area contributed by atoms with Crippen LogP contribution in [-0.2, 0) is 0 Å². The molecule has 0 saturated carbocycles. The molecule has 1 heterocycles. The van der Waals surface area contributed by atoms with Crippen molar-refractivity contribution in [2.45, 2.75) is 33.6 Å². The summed E-state index contributed by atoms with van der Waals surface area (Å²) in [6.07, 6.45) is 0. The van der Waals surface area contributed by atoms with Gasteiger partial charge in [0.25, 0.3) is 5.91 Å². The number of nitrogens with one attached hydrogen (secondary N) is 1. The summed E-state index contributed by atoms with van der Waals surface area (Å²) in [6.45, 7) is 8.04. The molecule has 1 aromatic heterocycles. The van der Waals surface area contributed by atoms with Crippen molar-refractivity contribution in [2.75, 3.05) is 5.32 Å². The van der Waals surface area contributed by atoms with Gasteiger partial charge >= 0.3 is 0 Å². The van der Waals surface area contributed by atoms with E-state index in [2.05, 4.69) is 29.4 Å². The maximum Gasteiger partial charge on any atom is 0.257 e. The molecule has 0 atom stereocenters. The zero-order chi connectivity index (χ0) is 14.0. The second kappa shape index (κ2) is 5.48. The molecule has 2 aromatic rings. The third-order valence-electron chi connectivity index (χ3n) is 2.78. The lowest BCUT2D eigenvalue weighted by atomic mass is 10.1. The smallest absolute Gasteiger partial charge is 0.257 e. The van der Waals surface area contributed by atoms with Crippen LogP contribution >= 0.6 is 11.3 Å². The van der Waals surface area contributed by atoms with Crippen molar-refractivity contribution in [3.63, 3.8) is 0 Å². The maximum atomic E-state index is 12.2. The molecule has 1 N–H and O–H groups in total. The van der Waals surface area contributed by atoms with Crippen LogP contribution in [0.3, 0.4) is 0 Å². The monoisotopic (exact) mass is 275 g/mol. The minimum Gasteiger partial charge on any atom is -0.296 e. The zero-order valence-corrected chi connectivity index (χ0v) is 12.3. The molecule has 19 heavy (non-hydrogen) atoms. The Balaban J connectivity index is 2.16. The van der Waals surface area contributed by atoms with Crippen molar-refractivity contribution in [1.29, 1.82) is 0 Å². The second-order valence-corrected chi connectivity index (χ2v) is 5.88. The molecule has 4 nitrogen and oxygen atoms in total. The van der Waals surface area contributed by atoms with Crippen LogP contribution in [0, 0.1) is 13.8 Å². The molecule has 0 fully saturated rings. The lowest BCUT2D eigenvalue weighted by Crippen LogP contribution is -2.13. The number of hydrogen-bond acceptors (Lipinski definition) is 4. The van der Waals surface area contributed by atoms with Gasteiger partial charge in [-0.25, -0.2) is 0 Å². The Morgan fingerprint density at radius 3 is 2.58 bits per heavy atom. The van der Waals surface area contributed by atoms with Crippen LogP contribution in [0.1, 0.15) is 46.3 Å². The van der Waals surface area contributed by atoms with Crippen LogP contribution in [0.4, 0.5) is 5.13 Å². The van der Waals surface area contributed by atoms with Gasteiger partial charge in [0, 0.05) is 11.5 Å². The zero-order valence-electron chi connectivity index (χ0n) is 11.5. The lowest BCUT2D eigenvalue weighted by Gasteiger charge is -2.05. The van der Waals surface area contributed by atoms with Crippen molar-refractivity contribution < 1.29 is 4.79 Å². The fourth-order valence-electron chi connectivity index (χ4n) is 1.75. The number of rotatable bonds is 3. The number of carbonyl (C=O) groups excluding carboxylic acids is 1. The van der Waals surface area contributed by atoms with E-state index in [9.17, 15) is 4.79 Å². The number of carbonyl (C=O) groups is 1. The number of amides is 1. The molecule has 0 saturated heterocycles. The molecule has 1 aromatic carbocycles. The third kappa shape index (κ3) is 3.17. The molecule has 0 spiro atoms. The Kier molecular flexibility index (Phi) is 3.95. The topological polar surface area (TPSA) is 54.9 Å². The van der Waals surface area contributed by atoms with E-state index in [0.717, 1.165) is 16.1 Å². The van der Waals surface area contributed by atoms with Crippen LogP contribution in [0.5, 0.6) is 0 Å². The van der Waals surface area contributed by atoms with E-state index in [1.165, 1.54) is 11.3 Å². The fraction of sp³-hybridized carbons (Fsp3) is 0.357. The van der Waals surface area contributed by atoms with Gasteiger partial charge in [0.2, 0.25) is 5.13 Å². The number of anilines is 1. The fourth-order valence-corrected chi connectivity index (χ4v) is 2.49. The summed E-state index contributed by atoms with van der Waals surface area (Å²) < 4.78 is 0. The van der Waals surface area contributed by atoms with Crippen molar-refractivity contribution >= 4 is 22.4 Å². The van der Waals surface area contributed by atoms with Crippen molar-refractivity contribution in [3.05, 3.63) is 39.9 Å². The Labute approximate surface area is 116 Å². The maximum absolute atomic E-state index is 12.2. The molecule has 1 amide bonds. The first-order valence-corrected chi connectivity index (χ1v) is 7.01. The molecule has 0 bridgehead atoms. The minimum absolute atomic E-state index is 0.135. The van der Waals surface area contributed by atoms with Gasteiger partial charge in [-0.3, -0.25) is 10.1 Å². The van der Waals surface area contributed by atoms with Crippen LogP contribution in [0.2, 0.25) is 0 Å². The van der Waals surface area contributed by atoms with Gasteiger partial charge in [-0.05, 0) is 25.5 Å². The highest BCUT2D eigenvalue weighted by molar-refractivity contribution is 7.15. The summed E-state index contributed by atoms with van der Waals surface area (Å²) in [5.41, 5.74) is 2.78. The normalized spacial score (nSPS) is 10.8. The van der Waals surface area contributed by atoms with E-state index in [4.69, 9.17) is 0 Å². The molecule has 0 unspecified atom stereocenters. The Bertz CT molecular complexity index is 604. The standard InChI is InChI=1S/C14H17N3OS/c1-8(2)13-16-17-14(19-13)15-12(18)11-6-5-9(3)7-10(11)4/h5-8H,1-4H3,(H,15,17,18). The van der Waals surface area contributed by atoms with Gasteiger partial charge < -0.3 is 0 Å². The summed E-state index contributed by atoms with van der Waals surface area (Å²) in [5.74, 6) is 0.188.